The van der Waals surface area contributed by atoms with Crippen molar-refractivity contribution in [1.29, 1.82) is 0 Å². The highest BCUT2D eigenvalue weighted by Crippen LogP contribution is 2.25. The number of pyridine rings is 1. The minimum atomic E-state index is -0.812. The molecule has 1 unspecified atom stereocenters. The second-order valence-corrected chi connectivity index (χ2v) is 6.64. The highest BCUT2D eigenvalue weighted by molar-refractivity contribution is 5.56. The zero-order valence-corrected chi connectivity index (χ0v) is 15.7. The lowest BCUT2D eigenvalue weighted by Gasteiger charge is -2.14. The van der Waals surface area contributed by atoms with E-state index in [1.165, 1.54) is 0 Å². The van der Waals surface area contributed by atoms with Gasteiger partial charge in [-0.15, -0.1) is 0 Å². The summed E-state index contributed by atoms with van der Waals surface area (Å²) in [6.07, 6.45) is 3.43. The Kier molecular flexibility index (Phi) is 6.52. The first-order chi connectivity index (χ1) is 13.5. The number of aromatic hydroxyl groups is 1. The number of hydrogen-bond acceptors (Lipinski definition) is 7. The minimum Gasteiger partial charge on any atom is -0.508 e. The van der Waals surface area contributed by atoms with Crippen molar-refractivity contribution >= 4 is 5.82 Å². The van der Waals surface area contributed by atoms with Crippen molar-refractivity contribution in [3.63, 3.8) is 0 Å². The fraction of sp³-hybridized carbons (Fsp3) is 0.286. The van der Waals surface area contributed by atoms with Gasteiger partial charge in [0, 0.05) is 49.3 Å². The molecule has 0 aliphatic heterocycles. The van der Waals surface area contributed by atoms with Gasteiger partial charge in [-0.3, -0.25) is 4.98 Å². The molecule has 0 aliphatic carbocycles. The molecule has 4 N–H and O–H groups in total. The Bertz CT molecular complexity index is 899. The van der Waals surface area contributed by atoms with Crippen LogP contribution >= 0.6 is 0 Å². The van der Waals surface area contributed by atoms with Crippen molar-refractivity contribution in [3.8, 4) is 17.1 Å². The summed E-state index contributed by atoms with van der Waals surface area (Å²) in [5.74, 6) is 1.26. The van der Waals surface area contributed by atoms with E-state index in [1.54, 1.807) is 30.6 Å². The molecule has 3 aromatic rings. The lowest BCUT2D eigenvalue weighted by atomic mass is 10.0. The van der Waals surface area contributed by atoms with Gasteiger partial charge < -0.3 is 20.6 Å². The van der Waals surface area contributed by atoms with Crippen LogP contribution in [-0.4, -0.2) is 43.4 Å². The topological polar surface area (TPSA) is 111 Å². The van der Waals surface area contributed by atoms with Crippen LogP contribution in [0.4, 0.5) is 5.82 Å². The predicted molar refractivity (Wildman–Crippen MR) is 107 cm³/mol. The number of aryl methyl sites for hydroxylation is 1. The standard InChI is InChI=1S/C21H24N4O3/c1-14-8-16(10-18(27)9-14)19(28)11-17-12-20(23-6-3-7-26)25-21(24-17)15-4-2-5-22-13-15/h2,4-5,8-10,12-13,19,26-28H,3,6-7,11H2,1H3,(H,23,24,25). The van der Waals surface area contributed by atoms with Crippen LogP contribution in [-0.2, 0) is 6.42 Å². The van der Waals surface area contributed by atoms with Gasteiger partial charge in [0.2, 0.25) is 0 Å². The van der Waals surface area contributed by atoms with E-state index in [0.29, 0.717) is 35.9 Å². The molecule has 28 heavy (non-hydrogen) atoms. The predicted octanol–water partition coefficient (Wildman–Crippen LogP) is 2.62. The van der Waals surface area contributed by atoms with Crippen molar-refractivity contribution in [2.24, 2.45) is 0 Å². The molecule has 2 aromatic heterocycles. The Balaban J connectivity index is 1.88. The maximum Gasteiger partial charge on any atom is 0.163 e. The minimum absolute atomic E-state index is 0.0932. The van der Waals surface area contributed by atoms with Crippen molar-refractivity contribution in [2.45, 2.75) is 25.9 Å². The van der Waals surface area contributed by atoms with E-state index in [-0.39, 0.29) is 18.8 Å². The third kappa shape index (κ3) is 5.25. The molecule has 0 saturated carbocycles. The largest absolute Gasteiger partial charge is 0.508 e. The van der Waals surface area contributed by atoms with Gasteiger partial charge in [-0.1, -0.05) is 6.07 Å². The average Bonchev–Trinajstić information content (AvgIpc) is 2.68. The summed E-state index contributed by atoms with van der Waals surface area (Å²) in [5, 5.41) is 32.6. The van der Waals surface area contributed by atoms with Gasteiger partial charge in [-0.05, 0) is 48.7 Å². The summed E-state index contributed by atoms with van der Waals surface area (Å²) in [6, 6.07) is 10.5. The van der Waals surface area contributed by atoms with Crippen LogP contribution in [0.3, 0.4) is 0 Å². The lowest BCUT2D eigenvalue weighted by Crippen LogP contribution is -2.10. The zero-order chi connectivity index (χ0) is 19.9. The number of phenols is 1. The van der Waals surface area contributed by atoms with Crippen molar-refractivity contribution < 1.29 is 15.3 Å². The van der Waals surface area contributed by atoms with E-state index >= 15 is 0 Å². The molecule has 0 saturated heterocycles. The Morgan fingerprint density at radius 2 is 2.00 bits per heavy atom. The normalized spacial score (nSPS) is 12.0. The molecule has 0 aliphatic rings. The van der Waals surface area contributed by atoms with Crippen LogP contribution < -0.4 is 5.32 Å². The summed E-state index contributed by atoms with van der Waals surface area (Å²) < 4.78 is 0. The number of aliphatic hydroxyl groups is 2. The monoisotopic (exact) mass is 380 g/mol. The summed E-state index contributed by atoms with van der Waals surface area (Å²) in [5.41, 5.74) is 2.94. The fourth-order valence-corrected chi connectivity index (χ4v) is 2.91. The maximum atomic E-state index is 10.7. The molecule has 0 radical (unpaired) electrons. The van der Waals surface area contributed by atoms with Crippen LogP contribution in [0.15, 0.2) is 48.8 Å². The van der Waals surface area contributed by atoms with E-state index in [2.05, 4.69) is 20.3 Å². The fourth-order valence-electron chi connectivity index (χ4n) is 2.91. The van der Waals surface area contributed by atoms with Crippen LogP contribution in [0.25, 0.3) is 11.4 Å². The van der Waals surface area contributed by atoms with Gasteiger partial charge in [0.25, 0.3) is 0 Å². The Morgan fingerprint density at radius 1 is 1.14 bits per heavy atom. The van der Waals surface area contributed by atoms with E-state index in [0.717, 1.165) is 11.1 Å². The number of aromatic nitrogens is 3. The molecule has 0 fully saturated rings. The van der Waals surface area contributed by atoms with Gasteiger partial charge >= 0.3 is 0 Å². The molecule has 0 amide bonds. The number of hydrogen-bond donors (Lipinski definition) is 4. The summed E-state index contributed by atoms with van der Waals surface area (Å²) in [4.78, 5) is 13.2. The number of phenolic OH excluding ortho intramolecular Hbond substituents is 1. The summed E-state index contributed by atoms with van der Waals surface area (Å²) in [7, 11) is 0. The number of anilines is 1. The maximum absolute atomic E-state index is 10.7. The highest BCUT2D eigenvalue weighted by Gasteiger charge is 2.14. The second kappa shape index (κ2) is 9.25. The average molecular weight is 380 g/mol. The summed E-state index contributed by atoms with van der Waals surface area (Å²) >= 11 is 0. The first-order valence-corrected chi connectivity index (χ1v) is 9.17. The van der Waals surface area contributed by atoms with Gasteiger partial charge in [0.05, 0.1) is 6.10 Å². The number of nitrogens with one attached hydrogen (secondary N) is 1. The van der Waals surface area contributed by atoms with Gasteiger partial charge in [0.15, 0.2) is 5.82 Å². The zero-order valence-electron chi connectivity index (χ0n) is 15.7. The SMILES string of the molecule is Cc1cc(O)cc(C(O)Cc2cc(NCCCO)nc(-c3cccnc3)n2)c1. The third-order valence-corrected chi connectivity index (χ3v) is 4.21. The second-order valence-electron chi connectivity index (χ2n) is 6.64. The van der Waals surface area contributed by atoms with Gasteiger partial charge in [-0.25, -0.2) is 9.97 Å². The molecule has 7 nitrogen and oxygen atoms in total. The number of aliphatic hydroxyl groups excluding tert-OH is 2. The number of nitrogens with zero attached hydrogens (tertiary/aromatic N) is 3. The molecule has 146 valence electrons. The van der Waals surface area contributed by atoms with E-state index in [4.69, 9.17) is 5.11 Å². The molecule has 1 atom stereocenters. The third-order valence-electron chi connectivity index (χ3n) is 4.21. The summed E-state index contributed by atoms with van der Waals surface area (Å²) in [6.45, 7) is 2.54. The van der Waals surface area contributed by atoms with Crippen LogP contribution in [0.5, 0.6) is 5.75 Å². The Morgan fingerprint density at radius 3 is 2.71 bits per heavy atom. The van der Waals surface area contributed by atoms with E-state index in [1.807, 2.05) is 25.1 Å². The molecule has 3 rings (SSSR count). The Labute approximate surface area is 163 Å². The first-order valence-electron chi connectivity index (χ1n) is 9.17. The van der Waals surface area contributed by atoms with Gasteiger partial charge in [0.1, 0.15) is 11.6 Å². The van der Waals surface area contributed by atoms with Crippen molar-refractivity contribution in [1.82, 2.24) is 15.0 Å². The first kappa shape index (κ1) is 19.7. The molecule has 0 bridgehead atoms. The van der Waals surface area contributed by atoms with Crippen molar-refractivity contribution in [3.05, 3.63) is 65.6 Å². The molecular formula is C21H24N4O3. The number of benzene rings is 1. The highest BCUT2D eigenvalue weighted by atomic mass is 16.3. The molecule has 1 aromatic carbocycles. The molecule has 0 spiro atoms. The smallest absolute Gasteiger partial charge is 0.163 e. The molecule has 2 heterocycles. The lowest BCUT2D eigenvalue weighted by molar-refractivity contribution is 0.177. The van der Waals surface area contributed by atoms with Crippen molar-refractivity contribution in [2.75, 3.05) is 18.5 Å². The van der Waals surface area contributed by atoms with E-state index < -0.39 is 6.10 Å². The number of rotatable bonds is 8. The Hall–Kier alpha value is -3.03. The molecule has 7 heteroatoms. The van der Waals surface area contributed by atoms with E-state index in [9.17, 15) is 10.2 Å². The van der Waals surface area contributed by atoms with Crippen LogP contribution in [0, 0.1) is 6.92 Å². The van der Waals surface area contributed by atoms with Gasteiger partial charge in [-0.2, -0.15) is 0 Å². The van der Waals surface area contributed by atoms with Crippen LogP contribution in [0.2, 0.25) is 0 Å². The van der Waals surface area contributed by atoms with Crippen LogP contribution in [0.1, 0.15) is 29.3 Å². The molecular weight excluding hydrogens is 356 g/mol. The quantitative estimate of drug-likeness (QED) is 0.445.